The van der Waals surface area contributed by atoms with Gasteiger partial charge in [0.05, 0.1) is 23.2 Å². The average molecular weight is 390 g/mol. The molecule has 0 N–H and O–H groups in total. The fourth-order valence-electron chi connectivity index (χ4n) is 4.19. The zero-order valence-electron chi connectivity index (χ0n) is 16.1. The van der Waals surface area contributed by atoms with E-state index in [0.717, 1.165) is 5.69 Å². The number of nitrogens with zero attached hydrogens (tertiary/aromatic N) is 6. The molecule has 1 spiro atoms. The van der Waals surface area contributed by atoms with E-state index in [1.807, 2.05) is 24.0 Å². The molecule has 0 aromatic carbocycles. The van der Waals surface area contributed by atoms with Crippen molar-refractivity contribution in [1.82, 2.24) is 24.9 Å². The second-order valence-electron chi connectivity index (χ2n) is 7.91. The number of carbonyl (C=O) groups excluding carboxylic acids is 1. The van der Waals surface area contributed by atoms with Crippen LogP contribution in [0.1, 0.15) is 24.2 Å². The van der Waals surface area contributed by atoms with E-state index in [0.29, 0.717) is 24.5 Å². The summed E-state index contributed by atoms with van der Waals surface area (Å²) in [6.45, 7) is 2.62. The van der Waals surface area contributed by atoms with Crippen molar-refractivity contribution in [1.29, 1.82) is 0 Å². The Hall–Kier alpha value is -2.58. The highest BCUT2D eigenvalue weighted by molar-refractivity contribution is 5.78. The van der Waals surface area contributed by atoms with Crippen LogP contribution in [0.5, 0.6) is 0 Å². The van der Waals surface area contributed by atoms with Crippen LogP contribution in [0.4, 0.5) is 14.6 Å². The Balaban J connectivity index is 1.50. The molecule has 2 aromatic rings. The van der Waals surface area contributed by atoms with Crippen LogP contribution < -0.4 is 4.90 Å². The lowest BCUT2D eigenvalue weighted by molar-refractivity contribution is -0.168. The van der Waals surface area contributed by atoms with E-state index >= 15 is 0 Å². The molecule has 0 radical (unpaired) electrons. The minimum atomic E-state index is -2.82. The van der Waals surface area contributed by atoms with Crippen LogP contribution in [0.25, 0.3) is 0 Å². The molecule has 0 bridgehead atoms. The summed E-state index contributed by atoms with van der Waals surface area (Å²) in [4.78, 5) is 16.1. The molecular formula is C19H24F2N6O. The van der Waals surface area contributed by atoms with Gasteiger partial charge in [0.1, 0.15) is 0 Å². The fraction of sp³-hybridized carbons (Fsp3) is 0.579. The summed E-state index contributed by atoms with van der Waals surface area (Å²) in [6, 6.07) is 5.42. The lowest BCUT2D eigenvalue weighted by Gasteiger charge is -2.45. The smallest absolute Gasteiger partial charge is 0.258 e. The number of alkyl halides is 2. The minimum Gasteiger partial charge on any atom is -0.354 e. The SMILES string of the molecule is Cc1ccc(N2CCC3(CN(C(=O)Cc4ccn(C)n4)CCC3(F)F)C2)nn1. The van der Waals surface area contributed by atoms with Crippen molar-refractivity contribution in [2.75, 3.05) is 31.1 Å². The summed E-state index contributed by atoms with van der Waals surface area (Å²) in [6.07, 6.45) is 1.92. The summed E-state index contributed by atoms with van der Waals surface area (Å²) in [7, 11) is 1.78. The van der Waals surface area contributed by atoms with Gasteiger partial charge in [-0.05, 0) is 31.5 Å². The number of halogens is 2. The molecule has 2 aromatic heterocycles. The van der Waals surface area contributed by atoms with Crippen molar-refractivity contribution >= 4 is 11.7 Å². The molecule has 4 heterocycles. The highest BCUT2D eigenvalue weighted by Gasteiger charge is 2.60. The molecule has 4 rings (SSSR count). The van der Waals surface area contributed by atoms with E-state index in [1.54, 1.807) is 28.9 Å². The molecule has 150 valence electrons. The second kappa shape index (κ2) is 6.79. The number of anilines is 1. The Morgan fingerprint density at radius 2 is 1.96 bits per heavy atom. The summed E-state index contributed by atoms with van der Waals surface area (Å²) in [5.74, 6) is -2.36. The first-order valence-corrected chi connectivity index (χ1v) is 9.47. The molecular weight excluding hydrogens is 366 g/mol. The predicted molar refractivity (Wildman–Crippen MR) is 99.1 cm³/mol. The van der Waals surface area contributed by atoms with Gasteiger partial charge in [-0.1, -0.05) is 0 Å². The maximum absolute atomic E-state index is 15.0. The maximum atomic E-state index is 15.0. The van der Waals surface area contributed by atoms with Gasteiger partial charge >= 0.3 is 0 Å². The lowest BCUT2D eigenvalue weighted by Crippen LogP contribution is -2.58. The third-order valence-corrected chi connectivity index (χ3v) is 5.88. The van der Waals surface area contributed by atoms with E-state index in [-0.39, 0.29) is 38.4 Å². The van der Waals surface area contributed by atoms with E-state index < -0.39 is 11.3 Å². The van der Waals surface area contributed by atoms with E-state index in [2.05, 4.69) is 15.3 Å². The van der Waals surface area contributed by atoms with Crippen molar-refractivity contribution in [2.45, 2.75) is 32.1 Å². The number of amides is 1. The Morgan fingerprint density at radius 3 is 2.64 bits per heavy atom. The molecule has 0 aliphatic carbocycles. The van der Waals surface area contributed by atoms with E-state index in [4.69, 9.17) is 0 Å². The van der Waals surface area contributed by atoms with Crippen molar-refractivity contribution in [3.8, 4) is 0 Å². The van der Waals surface area contributed by atoms with Gasteiger partial charge in [0.15, 0.2) is 5.82 Å². The third-order valence-electron chi connectivity index (χ3n) is 5.88. The predicted octanol–water partition coefficient (Wildman–Crippen LogP) is 1.83. The zero-order valence-corrected chi connectivity index (χ0v) is 16.1. The Kier molecular flexibility index (Phi) is 4.55. The molecule has 1 atom stereocenters. The van der Waals surface area contributed by atoms with Crippen molar-refractivity contribution in [2.24, 2.45) is 12.5 Å². The molecule has 2 aliphatic heterocycles. The number of aryl methyl sites for hydroxylation is 2. The monoisotopic (exact) mass is 390 g/mol. The molecule has 1 unspecified atom stereocenters. The second-order valence-corrected chi connectivity index (χ2v) is 7.91. The quantitative estimate of drug-likeness (QED) is 0.800. The zero-order chi connectivity index (χ0) is 19.9. The number of hydrogen-bond acceptors (Lipinski definition) is 5. The van der Waals surface area contributed by atoms with Crippen LogP contribution in [-0.2, 0) is 18.3 Å². The molecule has 0 saturated carbocycles. The molecule has 2 fully saturated rings. The minimum absolute atomic E-state index is 0.0570. The van der Waals surface area contributed by atoms with Crippen LogP contribution in [0.15, 0.2) is 24.4 Å². The molecule has 1 amide bonds. The van der Waals surface area contributed by atoms with Gasteiger partial charge in [-0.3, -0.25) is 9.48 Å². The molecule has 7 nitrogen and oxygen atoms in total. The largest absolute Gasteiger partial charge is 0.354 e. The Bertz CT molecular complexity index is 868. The molecule has 28 heavy (non-hydrogen) atoms. The van der Waals surface area contributed by atoms with Crippen LogP contribution in [0, 0.1) is 12.3 Å². The van der Waals surface area contributed by atoms with Crippen molar-refractivity contribution in [3.63, 3.8) is 0 Å². The Labute approximate surface area is 162 Å². The van der Waals surface area contributed by atoms with Crippen LogP contribution in [-0.4, -0.2) is 62.9 Å². The molecule has 2 saturated heterocycles. The van der Waals surface area contributed by atoms with Gasteiger partial charge in [0, 0.05) is 45.8 Å². The van der Waals surface area contributed by atoms with Crippen LogP contribution >= 0.6 is 0 Å². The highest BCUT2D eigenvalue weighted by atomic mass is 19.3. The summed E-state index contributed by atoms with van der Waals surface area (Å²) in [5.41, 5.74) is 0.186. The van der Waals surface area contributed by atoms with Crippen LogP contribution in [0.2, 0.25) is 0 Å². The number of piperidine rings is 1. The first-order valence-electron chi connectivity index (χ1n) is 9.47. The van der Waals surface area contributed by atoms with Gasteiger partial charge < -0.3 is 9.80 Å². The summed E-state index contributed by atoms with van der Waals surface area (Å²) in [5, 5.41) is 12.4. The normalized spacial score (nSPS) is 24.1. The van der Waals surface area contributed by atoms with Gasteiger partial charge in [-0.2, -0.15) is 10.2 Å². The van der Waals surface area contributed by atoms with Gasteiger partial charge in [0.25, 0.3) is 5.92 Å². The number of hydrogen-bond donors (Lipinski definition) is 0. The van der Waals surface area contributed by atoms with Gasteiger partial charge in [-0.25, -0.2) is 8.78 Å². The first kappa shape index (κ1) is 18.8. The standard InChI is InChI=1S/C19H24F2N6O/c1-14-3-4-16(23-22-14)26-9-6-18(12-26)13-27(10-7-19(18,20)21)17(28)11-15-5-8-25(2)24-15/h3-5,8H,6-7,9-13H2,1-2H3. The van der Waals surface area contributed by atoms with Crippen LogP contribution in [0.3, 0.4) is 0 Å². The molecule has 2 aliphatic rings. The lowest BCUT2D eigenvalue weighted by atomic mass is 9.75. The number of rotatable bonds is 3. The van der Waals surface area contributed by atoms with Crippen molar-refractivity contribution < 1.29 is 13.6 Å². The molecule has 9 heteroatoms. The number of carbonyl (C=O) groups is 1. The topological polar surface area (TPSA) is 67.2 Å². The van der Waals surface area contributed by atoms with Gasteiger partial charge in [-0.15, -0.1) is 5.10 Å². The summed E-state index contributed by atoms with van der Waals surface area (Å²) >= 11 is 0. The first-order chi connectivity index (χ1) is 13.3. The Morgan fingerprint density at radius 1 is 1.14 bits per heavy atom. The van der Waals surface area contributed by atoms with Gasteiger partial charge in [0.2, 0.25) is 5.91 Å². The third kappa shape index (κ3) is 3.33. The maximum Gasteiger partial charge on any atom is 0.258 e. The van der Waals surface area contributed by atoms with E-state index in [1.165, 1.54) is 0 Å². The van der Waals surface area contributed by atoms with Crippen molar-refractivity contribution in [3.05, 3.63) is 35.8 Å². The highest BCUT2D eigenvalue weighted by Crippen LogP contribution is 2.50. The average Bonchev–Trinajstić information content (AvgIpc) is 3.26. The van der Waals surface area contributed by atoms with E-state index in [9.17, 15) is 13.6 Å². The number of likely N-dealkylation sites (tertiary alicyclic amines) is 1. The fourth-order valence-corrected chi connectivity index (χ4v) is 4.19. The number of aromatic nitrogens is 4. The summed E-state index contributed by atoms with van der Waals surface area (Å²) < 4.78 is 31.6.